The Morgan fingerprint density at radius 2 is 1.92 bits per heavy atom. The Kier molecular flexibility index (Phi) is 11.8. The van der Waals surface area contributed by atoms with Crippen LogP contribution in [0.2, 0.25) is 0 Å². The van der Waals surface area contributed by atoms with Gasteiger partial charge in [0, 0.05) is 24.8 Å². The predicted molar refractivity (Wildman–Crippen MR) is 137 cm³/mol. The summed E-state index contributed by atoms with van der Waals surface area (Å²) < 4.78 is 37.5. The molecular weight excluding hydrogens is 501 g/mol. The van der Waals surface area contributed by atoms with Gasteiger partial charge in [-0.1, -0.05) is 47.6 Å². The van der Waals surface area contributed by atoms with E-state index in [9.17, 15) is 27.6 Å². The fourth-order valence-electron chi connectivity index (χ4n) is 3.57. The van der Waals surface area contributed by atoms with Gasteiger partial charge in [-0.2, -0.15) is 23.5 Å². The van der Waals surface area contributed by atoms with Crippen LogP contribution in [0.15, 0.2) is 24.5 Å². The summed E-state index contributed by atoms with van der Waals surface area (Å²) in [5, 5.41) is 17.2. The van der Waals surface area contributed by atoms with Crippen molar-refractivity contribution in [2.24, 2.45) is 17.3 Å². The number of fused-ring (bicyclic) bond motifs is 1. The lowest BCUT2D eigenvalue weighted by Gasteiger charge is -2.22. The summed E-state index contributed by atoms with van der Waals surface area (Å²) in [6, 6.07) is 5.20. The Balaban J connectivity index is 0.000000335. The maximum Gasteiger partial charge on any atom is 0.471 e. The smallest absolute Gasteiger partial charge is 0.340 e. The van der Waals surface area contributed by atoms with Gasteiger partial charge in [0.25, 0.3) is 0 Å². The average Bonchev–Trinajstić information content (AvgIpc) is 3.36. The maximum atomic E-state index is 11.9. The van der Waals surface area contributed by atoms with Crippen LogP contribution in [0.5, 0.6) is 0 Å². The number of nitrogens with one attached hydrogen (secondary N) is 2. The molecule has 3 rings (SSSR count). The molecule has 2 aromatic heterocycles. The van der Waals surface area contributed by atoms with Crippen LogP contribution in [-0.2, 0) is 14.4 Å². The van der Waals surface area contributed by atoms with Gasteiger partial charge in [0.15, 0.2) is 0 Å². The zero-order chi connectivity index (χ0) is 29.3. The zero-order valence-corrected chi connectivity index (χ0v) is 22.9. The van der Waals surface area contributed by atoms with Gasteiger partial charge in [-0.05, 0) is 35.8 Å². The van der Waals surface area contributed by atoms with Gasteiger partial charge in [-0.15, -0.1) is 0 Å². The molecule has 0 bridgehead atoms. The van der Waals surface area contributed by atoms with Crippen LogP contribution in [0.4, 0.5) is 13.2 Å². The van der Waals surface area contributed by atoms with Crippen LogP contribution in [0, 0.1) is 35.5 Å². The first-order chi connectivity index (χ1) is 17.5. The molecule has 38 heavy (non-hydrogen) atoms. The summed E-state index contributed by atoms with van der Waals surface area (Å²) in [6.07, 6.45) is -1.01. The van der Waals surface area contributed by atoms with E-state index in [0.29, 0.717) is 25.1 Å². The van der Waals surface area contributed by atoms with Crippen molar-refractivity contribution in [3.63, 3.8) is 0 Å². The number of rotatable bonds is 5. The van der Waals surface area contributed by atoms with E-state index in [1.165, 1.54) is 4.90 Å². The van der Waals surface area contributed by atoms with Crippen molar-refractivity contribution < 1.29 is 27.6 Å². The Hall–Kier alpha value is -3.62. The van der Waals surface area contributed by atoms with E-state index in [1.54, 1.807) is 22.2 Å². The highest BCUT2D eigenvalue weighted by atomic mass is 19.4. The molecule has 0 radical (unpaired) electrons. The van der Waals surface area contributed by atoms with Crippen LogP contribution >= 0.6 is 0 Å². The third kappa shape index (κ3) is 9.36. The number of nitriles is 1. The van der Waals surface area contributed by atoms with Crippen LogP contribution < -0.4 is 10.6 Å². The van der Waals surface area contributed by atoms with Crippen molar-refractivity contribution in [2.45, 2.75) is 60.7 Å². The second-order valence-corrected chi connectivity index (χ2v) is 10.5. The van der Waals surface area contributed by atoms with Crippen molar-refractivity contribution in [1.29, 1.82) is 5.26 Å². The second-order valence-electron chi connectivity index (χ2n) is 10.5. The molecule has 1 saturated heterocycles. The molecule has 3 amide bonds. The molecule has 0 spiro atoms. The number of alkyl halides is 3. The largest absolute Gasteiger partial charge is 0.471 e. The van der Waals surface area contributed by atoms with Gasteiger partial charge in [0.1, 0.15) is 6.04 Å². The van der Waals surface area contributed by atoms with Crippen molar-refractivity contribution in [3.8, 4) is 6.07 Å². The lowest BCUT2D eigenvalue weighted by atomic mass is 9.84. The number of amides is 3. The van der Waals surface area contributed by atoms with Gasteiger partial charge in [-0.3, -0.25) is 14.4 Å². The standard InChI is InChI=1S/C11H17F3N2O2.C11H10N4O.C4H10/c1-7-5-16(6-10(7,2)3)8(17)4-15-9(18)11(12,13)14;1-8-3-2-4-15-11(8)9(6-14-15)10(5-12)13-7-16;1-4(2)3/h7H,4-6H2,1-3H3,(H,15,18);2-4,6-7,10H,1H3,(H,13,16);4H,1-3H3. The minimum atomic E-state index is -4.95. The summed E-state index contributed by atoms with van der Waals surface area (Å²) in [5.74, 6) is -1.45. The third-order valence-corrected chi connectivity index (χ3v) is 5.88. The van der Waals surface area contributed by atoms with Crippen LogP contribution in [0.3, 0.4) is 0 Å². The normalized spacial score (nSPS) is 16.9. The van der Waals surface area contributed by atoms with E-state index in [-0.39, 0.29) is 11.3 Å². The summed E-state index contributed by atoms with van der Waals surface area (Å²) in [6.45, 7) is 14.8. The molecule has 3 heterocycles. The topological polar surface area (TPSA) is 120 Å². The summed E-state index contributed by atoms with van der Waals surface area (Å²) in [4.78, 5) is 34.1. The Bertz CT molecular complexity index is 1130. The molecule has 2 unspecified atom stereocenters. The first-order valence-corrected chi connectivity index (χ1v) is 12.2. The highest BCUT2D eigenvalue weighted by molar-refractivity contribution is 5.87. The minimum absolute atomic E-state index is 0.0519. The molecule has 1 fully saturated rings. The highest BCUT2D eigenvalue weighted by Crippen LogP contribution is 2.34. The minimum Gasteiger partial charge on any atom is -0.340 e. The highest BCUT2D eigenvalue weighted by Gasteiger charge is 2.41. The lowest BCUT2D eigenvalue weighted by molar-refractivity contribution is -0.174. The van der Waals surface area contributed by atoms with Crippen molar-refractivity contribution >= 4 is 23.7 Å². The number of carbonyl (C=O) groups is 3. The predicted octanol–water partition coefficient (Wildman–Crippen LogP) is 3.79. The molecule has 12 heteroatoms. The number of likely N-dealkylation sites (tertiary alicyclic amines) is 1. The molecule has 2 aromatic rings. The van der Waals surface area contributed by atoms with E-state index < -0.39 is 30.6 Å². The zero-order valence-electron chi connectivity index (χ0n) is 22.9. The monoisotopic (exact) mass is 538 g/mol. The van der Waals surface area contributed by atoms with Crippen molar-refractivity contribution in [2.75, 3.05) is 19.6 Å². The van der Waals surface area contributed by atoms with Crippen LogP contribution in [0.25, 0.3) is 5.52 Å². The van der Waals surface area contributed by atoms with E-state index in [1.807, 2.05) is 45.9 Å². The van der Waals surface area contributed by atoms with E-state index >= 15 is 0 Å². The maximum absolute atomic E-state index is 11.9. The number of aryl methyl sites for hydroxylation is 1. The molecule has 210 valence electrons. The number of hydrogen-bond donors (Lipinski definition) is 2. The molecule has 0 saturated carbocycles. The first kappa shape index (κ1) is 32.4. The number of nitrogens with zero attached hydrogens (tertiary/aromatic N) is 4. The molecule has 1 aliphatic heterocycles. The average molecular weight is 539 g/mol. The number of aromatic nitrogens is 2. The van der Waals surface area contributed by atoms with Crippen LogP contribution in [-0.4, -0.2) is 58.5 Å². The first-order valence-electron chi connectivity index (χ1n) is 12.2. The molecular formula is C26H37F3N6O3. The third-order valence-electron chi connectivity index (χ3n) is 5.88. The Morgan fingerprint density at radius 3 is 2.39 bits per heavy atom. The molecule has 2 N–H and O–H groups in total. The van der Waals surface area contributed by atoms with Gasteiger partial charge in [0.2, 0.25) is 12.3 Å². The number of halogens is 3. The molecule has 2 atom stereocenters. The summed E-state index contributed by atoms with van der Waals surface area (Å²) >= 11 is 0. The fraction of sp³-hybridized carbons (Fsp3) is 0.577. The summed E-state index contributed by atoms with van der Waals surface area (Å²) in [7, 11) is 0. The second kappa shape index (κ2) is 13.8. The van der Waals surface area contributed by atoms with E-state index in [2.05, 4.69) is 31.2 Å². The molecule has 9 nitrogen and oxygen atoms in total. The number of hydrogen-bond acceptors (Lipinski definition) is 5. The number of pyridine rings is 1. The summed E-state index contributed by atoms with van der Waals surface area (Å²) in [5.41, 5.74) is 2.54. The SMILES string of the molecule is CC(C)C.CC1CN(C(=O)CNC(=O)C(F)(F)F)CC1(C)C.Cc1cccn2ncc(C(C#N)NC=O)c12. The van der Waals surface area contributed by atoms with E-state index in [4.69, 9.17) is 5.26 Å². The van der Waals surface area contributed by atoms with Crippen molar-refractivity contribution in [1.82, 2.24) is 25.1 Å². The molecule has 0 aromatic carbocycles. The van der Waals surface area contributed by atoms with Crippen molar-refractivity contribution in [3.05, 3.63) is 35.7 Å². The Labute approximate surface area is 221 Å². The van der Waals surface area contributed by atoms with Gasteiger partial charge in [0.05, 0.1) is 24.3 Å². The lowest BCUT2D eigenvalue weighted by Crippen LogP contribution is -2.44. The van der Waals surface area contributed by atoms with Gasteiger partial charge < -0.3 is 15.5 Å². The Morgan fingerprint density at radius 1 is 1.32 bits per heavy atom. The molecule has 0 aliphatic carbocycles. The fourth-order valence-corrected chi connectivity index (χ4v) is 3.57. The quantitative estimate of drug-likeness (QED) is 0.562. The van der Waals surface area contributed by atoms with Gasteiger partial charge in [-0.25, -0.2) is 4.52 Å². The van der Waals surface area contributed by atoms with Crippen LogP contribution in [0.1, 0.15) is 58.7 Å². The molecule has 1 aliphatic rings. The van der Waals surface area contributed by atoms with Gasteiger partial charge >= 0.3 is 12.1 Å². The number of carbonyl (C=O) groups excluding carboxylic acids is 3. The van der Waals surface area contributed by atoms with E-state index in [0.717, 1.165) is 17.0 Å².